The van der Waals surface area contributed by atoms with Gasteiger partial charge in [-0.1, -0.05) is 0 Å². The molecule has 54 valence electrons. The highest BCUT2D eigenvalue weighted by atomic mass is 16.1. The lowest BCUT2D eigenvalue weighted by molar-refractivity contribution is -0.109. The Morgan fingerprint density at radius 1 is 1.17 bits per heavy atom. The molecule has 1 aliphatic carbocycles. The van der Waals surface area contributed by atoms with Crippen LogP contribution < -0.4 is 0 Å². The van der Waals surface area contributed by atoms with Crippen molar-refractivity contribution in [2.24, 2.45) is 0 Å². The number of carbonyl (C=O) groups excluding carboxylic acids is 2. The Hall–Kier alpha value is -2.42. The van der Waals surface area contributed by atoms with Crippen LogP contribution in [0.2, 0.25) is 0 Å². The fourth-order valence-corrected chi connectivity index (χ4v) is 0.249. The van der Waals surface area contributed by atoms with E-state index in [2.05, 4.69) is 36.5 Å². The van der Waals surface area contributed by atoms with E-state index in [1.54, 1.807) is 11.8 Å². The molecule has 1 rings (SSSR count). The van der Waals surface area contributed by atoms with E-state index >= 15 is 0 Å². The van der Waals surface area contributed by atoms with Gasteiger partial charge in [0.25, 0.3) is 11.6 Å². The standard InChI is InChI=1S/C5O.C5H2O/c6-5-3-1-2-4-5;1-3-5(6)4-2/h;1-2H. The summed E-state index contributed by atoms with van der Waals surface area (Å²) in [6.07, 6.45) is 9.08. The predicted octanol–water partition coefficient (Wildman–Crippen LogP) is -0.602. The average molecular weight is 154 g/mol. The van der Waals surface area contributed by atoms with E-state index in [1.165, 1.54) is 0 Å². The molecule has 0 spiro atoms. The largest absolute Gasteiger partial charge is 0.281 e. The normalized spacial score (nSPS) is 8.33. The molecule has 2 heteroatoms. The fourth-order valence-electron chi connectivity index (χ4n) is 0.249. The van der Waals surface area contributed by atoms with Crippen molar-refractivity contribution < 1.29 is 9.59 Å². The summed E-state index contributed by atoms with van der Waals surface area (Å²) in [6, 6.07) is 0. The van der Waals surface area contributed by atoms with Gasteiger partial charge in [-0.2, -0.15) is 0 Å². The fraction of sp³-hybridized carbons (Fsp3) is 0. The first-order valence-electron chi connectivity index (χ1n) is 2.74. The van der Waals surface area contributed by atoms with Crippen molar-refractivity contribution in [3.8, 4) is 48.4 Å². The second-order valence-electron chi connectivity index (χ2n) is 1.45. The summed E-state index contributed by atoms with van der Waals surface area (Å²) in [6.45, 7) is 0. The van der Waals surface area contributed by atoms with E-state index in [1.807, 2.05) is 0 Å². The van der Waals surface area contributed by atoms with Crippen LogP contribution in [0.3, 0.4) is 0 Å². The molecule has 0 bridgehead atoms. The molecule has 0 aliphatic heterocycles. The molecular weight excluding hydrogens is 152 g/mol. The quantitative estimate of drug-likeness (QED) is 0.345. The average Bonchev–Trinajstić information content (AvgIpc) is 2.55. The van der Waals surface area contributed by atoms with Crippen molar-refractivity contribution in [1.82, 2.24) is 0 Å². The number of terminal acetylenes is 2. The van der Waals surface area contributed by atoms with Crippen LogP contribution in [0.1, 0.15) is 0 Å². The second kappa shape index (κ2) is 5.37. The number of hydrogen-bond acceptors (Lipinski definition) is 2. The van der Waals surface area contributed by atoms with Crippen LogP contribution in [0.4, 0.5) is 0 Å². The smallest absolute Gasteiger partial charge is 0.270 e. The van der Waals surface area contributed by atoms with E-state index < -0.39 is 5.78 Å². The Morgan fingerprint density at radius 3 is 1.67 bits per heavy atom. The first-order chi connectivity index (χ1) is 5.70. The topological polar surface area (TPSA) is 34.1 Å². The molecular formula is C10H2O2. The maximum atomic E-state index is 9.90. The SMILES string of the molecule is C#CC(=O)C#C.O=C1C#CC#C1. The van der Waals surface area contributed by atoms with Gasteiger partial charge >= 0.3 is 0 Å². The summed E-state index contributed by atoms with van der Waals surface area (Å²) in [5, 5.41) is 0. The van der Waals surface area contributed by atoms with E-state index in [9.17, 15) is 9.59 Å². The van der Waals surface area contributed by atoms with Crippen LogP contribution in [-0.4, -0.2) is 11.6 Å². The van der Waals surface area contributed by atoms with Gasteiger partial charge in [0.05, 0.1) is 0 Å². The number of rotatable bonds is 0. The van der Waals surface area contributed by atoms with E-state index in [0.29, 0.717) is 0 Å². The summed E-state index contributed by atoms with van der Waals surface area (Å²) < 4.78 is 0. The summed E-state index contributed by atoms with van der Waals surface area (Å²) in [5.74, 6) is 11.6. The molecule has 12 heavy (non-hydrogen) atoms. The summed E-state index contributed by atoms with van der Waals surface area (Å²) in [5.41, 5.74) is 0. The minimum Gasteiger partial charge on any atom is -0.270 e. The molecule has 0 atom stereocenters. The van der Waals surface area contributed by atoms with Crippen molar-refractivity contribution >= 4 is 11.6 Å². The number of carbonyl (C=O) groups is 2. The third kappa shape index (κ3) is 4.46. The lowest BCUT2D eigenvalue weighted by Gasteiger charge is -1.59. The zero-order valence-electron chi connectivity index (χ0n) is 5.97. The van der Waals surface area contributed by atoms with E-state index in [0.717, 1.165) is 0 Å². The Balaban J connectivity index is 0.000000202. The zero-order chi connectivity index (χ0) is 9.40. The first kappa shape index (κ1) is 9.58. The van der Waals surface area contributed by atoms with Crippen LogP contribution in [0.25, 0.3) is 0 Å². The zero-order valence-corrected chi connectivity index (χ0v) is 5.97. The Labute approximate surface area is 70.3 Å². The lowest BCUT2D eigenvalue weighted by Crippen LogP contribution is -1.81. The van der Waals surface area contributed by atoms with Gasteiger partial charge in [-0.3, -0.25) is 9.59 Å². The van der Waals surface area contributed by atoms with E-state index in [-0.39, 0.29) is 5.78 Å². The molecule has 0 saturated carbocycles. The van der Waals surface area contributed by atoms with Gasteiger partial charge in [0, 0.05) is 0 Å². The Bertz CT molecular complexity index is 365. The molecule has 1 aliphatic rings. The third-order valence-electron chi connectivity index (χ3n) is 0.677. The highest BCUT2D eigenvalue weighted by molar-refractivity contribution is 6.11. The Kier molecular flexibility index (Phi) is 4.29. The molecule has 0 saturated heterocycles. The van der Waals surface area contributed by atoms with Gasteiger partial charge in [0.1, 0.15) is 0 Å². The monoisotopic (exact) mass is 154 g/mol. The molecule has 0 aromatic heterocycles. The van der Waals surface area contributed by atoms with E-state index in [4.69, 9.17) is 0 Å². The van der Waals surface area contributed by atoms with Gasteiger partial charge in [0.15, 0.2) is 0 Å². The van der Waals surface area contributed by atoms with Crippen LogP contribution in [0.15, 0.2) is 0 Å². The van der Waals surface area contributed by atoms with Crippen LogP contribution >= 0.6 is 0 Å². The maximum absolute atomic E-state index is 9.90. The number of ketones is 2. The molecule has 2 nitrogen and oxygen atoms in total. The molecule has 0 amide bonds. The Morgan fingerprint density at radius 2 is 1.58 bits per heavy atom. The maximum Gasteiger partial charge on any atom is 0.281 e. The second-order valence-corrected chi connectivity index (χ2v) is 1.45. The van der Waals surface area contributed by atoms with Gasteiger partial charge < -0.3 is 0 Å². The highest BCUT2D eigenvalue weighted by Crippen LogP contribution is 1.68. The lowest BCUT2D eigenvalue weighted by atomic mass is 10.4. The number of Topliss-reactive ketones (excluding diaryl/α,β-unsaturated/α-hetero) is 2. The van der Waals surface area contributed by atoms with Gasteiger partial charge in [-0.05, 0) is 35.5 Å². The van der Waals surface area contributed by atoms with Crippen molar-refractivity contribution in [3.63, 3.8) is 0 Å². The van der Waals surface area contributed by atoms with Gasteiger partial charge in [0.2, 0.25) is 0 Å². The predicted molar refractivity (Wildman–Crippen MR) is 43.2 cm³/mol. The molecule has 0 aromatic carbocycles. The molecule has 0 radical (unpaired) electrons. The van der Waals surface area contributed by atoms with Gasteiger partial charge in [-0.15, -0.1) is 12.8 Å². The third-order valence-corrected chi connectivity index (χ3v) is 0.677. The molecule has 0 aromatic rings. The summed E-state index contributed by atoms with van der Waals surface area (Å²) in [4.78, 5) is 19.6. The number of hydrogen-bond donors (Lipinski definition) is 0. The summed E-state index contributed by atoms with van der Waals surface area (Å²) in [7, 11) is 0. The molecule has 0 fully saturated rings. The van der Waals surface area contributed by atoms with Crippen molar-refractivity contribution in [3.05, 3.63) is 0 Å². The van der Waals surface area contributed by atoms with Gasteiger partial charge in [-0.25, -0.2) is 0 Å². The molecule has 0 heterocycles. The molecule has 0 N–H and O–H groups in total. The minimum absolute atomic E-state index is 0.269. The van der Waals surface area contributed by atoms with Crippen LogP contribution in [0, 0.1) is 48.4 Å². The van der Waals surface area contributed by atoms with Crippen LogP contribution in [-0.2, 0) is 9.59 Å². The van der Waals surface area contributed by atoms with Crippen LogP contribution in [0.5, 0.6) is 0 Å². The molecule has 0 unspecified atom stereocenters. The first-order valence-corrected chi connectivity index (χ1v) is 2.74. The van der Waals surface area contributed by atoms with Crippen molar-refractivity contribution in [2.75, 3.05) is 0 Å². The summed E-state index contributed by atoms with van der Waals surface area (Å²) >= 11 is 0. The minimum atomic E-state index is -0.602. The highest BCUT2D eigenvalue weighted by Gasteiger charge is 1.87. The van der Waals surface area contributed by atoms with Crippen molar-refractivity contribution in [2.45, 2.75) is 0 Å². The van der Waals surface area contributed by atoms with Crippen molar-refractivity contribution in [1.29, 1.82) is 0 Å².